The van der Waals surface area contributed by atoms with Crippen molar-refractivity contribution in [2.45, 2.75) is 6.42 Å². The van der Waals surface area contributed by atoms with Crippen LogP contribution >= 0.6 is 24.0 Å². The molecule has 0 unspecified atom stereocenters. The van der Waals surface area contributed by atoms with Crippen molar-refractivity contribution >= 4 is 40.3 Å². The summed E-state index contributed by atoms with van der Waals surface area (Å²) in [6.07, 6.45) is 2.56. The number of hydrogen-bond acceptors (Lipinski definition) is 6. The summed E-state index contributed by atoms with van der Waals surface area (Å²) in [5.74, 6) is 2.19. The Balaban J connectivity index is 1.45. The SMILES string of the molecule is COc1ccc(OCCCOc2cccc(/C=C3\SC(=S)NC3=O)c2)cc1. The standard InChI is InChI=1S/C20H19NO4S2/c1-23-15-6-8-16(9-7-15)24-10-3-11-25-17-5-2-4-14(12-17)13-18-19(22)21-20(26)27-18/h2,4-9,12-13H,3,10-11H2,1H3,(H,21,22,26)/b18-13-. The Morgan fingerprint density at radius 3 is 2.41 bits per heavy atom. The highest BCUT2D eigenvalue weighted by Gasteiger charge is 2.21. The molecule has 1 amide bonds. The molecule has 1 N–H and O–H groups in total. The molecular formula is C20H19NO4S2. The molecule has 1 aliphatic rings. The number of thiocarbonyl (C=S) groups is 1. The van der Waals surface area contributed by atoms with E-state index in [1.807, 2.05) is 48.5 Å². The van der Waals surface area contributed by atoms with Crippen LogP contribution in [0, 0.1) is 0 Å². The second kappa shape index (κ2) is 9.43. The molecule has 7 heteroatoms. The molecule has 1 fully saturated rings. The molecule has 0 radical (unpaired) electrons. The van der Waals surface area contributed by atoms with Crippen LogP contribution in [0.5, 0.6) is 17.2 Å². The topological polar surface area (TPSA) is 56.8 Å². The van der Waals surface area contributed by atoms with Crippen LogP contribution in [0.4, 0.5) is 0 Å². The number of amides is 1. The summed E-state index contributed by atoms with van der Waals surface area (Å²) in [6.45, 7) is 1.10. The molecule has 2 aromatic rings. The molecule has 0 aromatic heterocycles. The molecule has 0 aliphatic carbocycles. The first-order chi connectivity index (χ1) is 13.1. The Kier molecular flexibility index (Phi) is 6.73. The molecule has 27 heavy (non-hydrogen) atoms. The van der Waals surface area contributed by atoms with Crippen LogP contribution < -0.4 is 19.5 Å². The summed E-state index contributed by atoms with van der Waals surface area (Å²) >= 11 is 6.26. The van der Waals surface area contributed by atoms with E-state index in [-0.39, 0.29) is 5.91 Å². The zero-order chi connectivity index (χ0) is 19.1. The van der Waals surface area contributed by atoms with Gasteiger partial charge in [-0.1, -0.05) is 36.1 Å². The van der Waals surface area contributed by atoms with Gasteiger partial charge in [0.15, 0.2) is 0 Å². The van der Waals surface area contributed by atoms with E-state index in [9.17, 15) is 4.79 Å². The maximum Gasteiger partial charge on any atom is 0.263 e. The van der Waals surface area contributed by atoms with E-state index in [1.54, 1.807) is 13.2 Å². The molecule has 140 valence electrons. The first-order valence-electron chi connectivity index (χ1n) is 8.38. The summed E-state index contributed by atoms with van der Waals surface area (Å²) in [5.41, 5.74) is 0.893. The highest BCUT2D eigenvalue weighted by Crippen LogP contribution is 2.27. The number of carbonyl (C=O) groups excluding carboxylic acids is 1. The molecule has 0 saturated carbocycles. The lowest BCUT2D eigenvalue weighted by atomic mass is 10.2. The predicted octanol–water partition coefficient (Wildman–Crippen LogP) is 4.03. The van der Waals surface area contributed by atoms with Crippen molar-refractivity contribution in [2.24, 2.45) is 0 Å². The quantitative estimate of drug-likeness (QED) is 0.409. The molecule has 5 nitrogen and oxygen atoms in total. The molecule has 1 heterocycles. The van der Waals surface area contributed by atoms with Crippen molar-refractivity contribution in [3.8, 4) is 17.2 Å². The monoisotopic (exact) mass is 401 g/mol. The van der Waals surface area contributed by atoms with Crippen molar-refractivity contribution in [1.29, 1.82) is 0 Å². The van der Waals surface area contributed by atoms with Gasteiger partial charge in [-0.3, -0.25) is 4.79 Å². The van der Waals surface area contributed by atoms with Crippen molar-refractivity contribution in [2.75, 3.05) is 20.3 Å². The number of methoxy groups -OCH3 is 1. The van der Waals surface area contributed by atoms with Gasteiger partial charge in [-0.05, 0) is 48.0 Å². The van der Waals surface area contributed by atoms with Gasteiger partial charge in [0.25, 0.3) is 5.91 Å². The lowest BCUT2D eigenvalue weighted by Gasteiger charge is -2.09. The first-order valence-corrected chi connectivity index (χ1v) is 9.61. The van der Waals surface area contributed by atoms with Gasteiger partial charge in [0.1, 0.15) is 21.6 Å². The second-order valence-corrected chi connectivity index (χ2v) is 7.37. The van der Waals surface area contributed by atoms with Gasteiger partial charge < -0.3 is 19.5 Å². The fraction of sp³-hybridized carbons (Fsp3) is 0.200. The lowest BCUT2D eigenvalue weighted by Crippen LogP contribution is -2.17. The van der Waals surface area contributed by atoms with Crippen LogP contribution in [-0.4, -0.2) is 30.6 Å². The maximum absolute atomic E-state index is 11.7. The van der Waals surface area contributed by atoms with Crippen LogP contribution in [0.25, 0.3) is 6.08 Å². The average Bonchev–Trinajstić information content (AvgIpc) is 2.99. The van der Waals surface area contributed by atoms with Crippen molar-refractivity contribution < 1.29 is 19.0 Å². The van der Waals surface area contributed by atoms with Gasteiger partial charge in [0, 0.05) is 6.42 Å². The van der Waals surface area contributed by atoms with Crippen LogP contribution in [0.2, 0.25) is 0 Å². The highest BCUT2D eigenvalue weighted by atomic mass is 32.2. The molecule has 1 aliphatic heterocycles. The minimum atomic E-state index is -0.160. The van der Waals surface area contributed by atoms with Gasteiger partial charge in [-0.2, -0.15) is 0 Å². The normalized spacial score (nSPS) is 14.9. The third-order valence-electron chi connectivity index (χ3n) is 3.68. The van der Waals surface area contributed by atoms with Crippen LogP contribution in [0.3, 0.4) is 0 Å². The summed E-state index contributed by atoms with van der Waals surface area (Å²) in [7, 11) is 1.63. The molecular weight excluding hydrogens is 382 g/mol. The van der Waals surface area contributed by atoms with Gasteiger partial charge in [-0.25, -0.2) is 0 Å². The molecule has 0 bridgehead atoms. The van der Waals surface area contributed by atoms with Crippen LogP contribution in [-0.2, 0) is 4.79 Å². The average molecular weight is 402 g/mol. The second-order valence-electron chi connectivity index (χ2n) is 5.65. The van der Waals surface area contributed by atoms with E-state index in [4.69, 9.17) is 26.4 Å². The Labute approximate surface area is 167 Å². The Morgan fingerprint density at radius 1 is 1.04 bits per heavy atom. The number of benzene rings is 2. The molecule has 2 aromatic carbocycles. The Bertz CT molecular complexity index is 849. The van der Waals surface area contributed by atoms with Crippen LogP contribution in [0.15, 0.2) is 53.4 Å². The van der Waals surface area contributed by atoms with Crippen molar-refractivity contribution in [3.63, 3.8) is 0 Å². The summed E-state index contributed by atoms with van der Waals surface area (Å²) < 4.78 is 17.0. The third-order valence-corrected chi connectivity index (χ3v) is 4.85. The zero-order valence-electron chi connectivity index (χ0n) is 14.8. The number of rotatable bonds is 8. The number of ether oxygens (including phenoxy) is 3. The van der Waals surface area contributed by atoms with Crippen molar-refractivity contribution in [3.05, 3.63) is 59.0 Å². The van der Waals surface area contributed by atoms with Gasteiger partial charge in [-0.15, -0.1) is 0 Å². The van der Waals surface area contributed by atoms with E-state index in [2.05, 4.69) is 5.32 Å². The van der Waals surface area contributed by atoms with Gasteiger partial charge >= 0.3 is 0 Å². The summed E-state index contributed by atoms with van der Waals surface area (Å²) in [4.78, 5) is 12.3. The predicted molar refractivity (Wildman–Crippen MR) is 111 cm³/mol. The Morgan fingerprint density at radius 2 is 1.74 bits per heavy atom. The molecule has 3 rings (SSSR count). The van der Waals surface area contributed by atoms with E-state index >= 15 is 0 Å². The summed E-state index contributed by atoms with van der Waals surface area (Å²) in [6, 6.07) is 15.1. The molecule has 0 atom stereocenters. The minimum Gasteiger partial charge on any atom is -0.497 e. The van der Waals surface area contributed by atoms with Gasteiger partial charge in [0.2, 0.25) is 0 Å². The number of carbonyl (C=O) groups is 1. The fourth-order valence-corrected chi connectivity index (χ4v) is 3.42. The highest BCUT2D eigenvalue weighted by molar-refractivity contribution is 8.26. The first kappa shape index (κ1) is 19.3. The maximum atomic E-state index is 11.7. The minimum absolute atomic E-state index is 0.160. The van der Waals surface area contributed by atoms with E-state index in [1.165, 1.54) is 11.8 Å². The molecule has 0 spiro atoms. The number of nitrogens with one attached hydrogen (secondary N) is 1. The van der Waals surface area contributed by atoms with E-state index in [0.717, 1.165) is 29.2 Å². The van der Waals surface area contributed by atoms with E-state index < -0.39 is 0 Å². The van der Waals surface area contributed by atoms with E-state index in [0.29, 0.717) is 22.4 Å². The largest absolute Gasteiger partial charge is 0.497 e. The Hall–Kier alpha value is -2.51. The fourth-order valence-electron chi connectivity index (χ4n) is 2.38. The van der Waals surface area contributed by atoms with Crippen LogP contribution in [0.1, 0.15) is 12.0 Å². The lowest BCUT2D eigenvalue weighted by molar-refractivity contribution is -0.115. The smallest absolute Gasteiger partial charge is 0.263 e. The number of hydrogen-bond donors (Lipinski definition) is 1. The number of thioether (sulfide) groups is 1. The third kappa shape index (κ3) is 5.74. The van der Waals surface area contributed by atoms with Gasteiger partial charge in [0.05, 0.1) is 25.2 Å². The summed E-state index contributed by atoms with van der Waals surface area (Å²) in [5, 5.41) is 2.60. The van der Waals surface area contributed by atoms with Crippen molar-refractivity contribution in [1.82, 2.24) is 5.32 Å². The molecule has 1 saturated heterocycles. The zero-order valence-corrected chi connectivity index (χ0v) is 16.4.